The number of aliphatic hydroxyl groups excluding tert-OH is 2. The molecule has 12 nitrogen and oxygen atoms in total. The van der Waals surface area contributed by atoms with Crippen molar-refractivity contribution in [1.82, 2.24) is 10.2 Å². The van der Waals surface area contributed by atoms with Gasteiger partial charge in [0.2, 0.25) is 9.84 Å². The second kappa shape index (κ2) is 25.8. The Bertz CT molecular complexity index is 3320. The Morgan fingerprint density at radius 3 is 1.18 bits per heavy atom. The molecule has 0 bridgehead atoms. The summed E-state index contributed by atoms with van der Waals surface area (Å²) in [6.45, 7) is 2.23. The maximum Gasteiger partial charge on any atom is 0.206 e. The average molecular weight is 1080 g/mol. The first-order chi connectivity index (χ1) is 37.1. The van der Waals surface area contributed by atoms with Gasteiger partial charge in [0.15, 0.2) is 8.68 Å². The number of benzene rings is 8. The van der Waals surface area contributed by atoms with E-state index in [-0.39, 0.29) is 22.9 Å². The minimum atomic E-state index is -3.96. The van der Waals surface area contributed by atoms with Crippen molar-refractivity contribution in [2.75, 3.05) is 44.9 Å². The Hall–Kier alpha value is -7.57. The van der Waals surface area contributed by atoms with Crippen LogP contribution in [0.4, 0.5) is 45.5 Å². The van der Waals surface area contributed by atoms with Crippen LogP contribution in [0.3, 0.4) is 0 Å². The van der Waals surface area contributed by atoms with Gasteiger partial charge in [-0.05, 0) is 145 Å². The molecule has 16 heteroatoms. The molecule has 0 aliphatic carbocycles. The van der Waals surface area contributed by atoms with E-state index in [1.165, 1.54) is 34.9 Å². The molecule has 76 heavy (non-hydrogen) atoms. The van der Waals surface area contributed by atoms with Crippen molar-refractivity contribution < 1.29 is 18.6 Å². The molecule has 9 rings (SSSR count). The summed E-state index contributed by atoms with van der Waals surface area (Å²) in [4.78, 5) is 4.57. The van der Waals surface area contributed by atoms with Gasteiger partial charge in [0.1, 0.15) is 0 Å². The van der Waals surface area contributed by atoms with Crippen LogP contribution in [0.5, 0.6) is 0 Å². The number of sulfone groups is 1. The summed E-state index contributed by atoms with van der Waals surface area (Å²) >= 11 is 4.42. The van der Waals surface area contributed by atoms with Crippen molar-refractivity contribution in [1.29, 1.82) is 0 Å². The second-order valence-electron chi connectivity index (χ2n) is 17.4. The molecule has 0 radical (unpaired) electrons. The topological polar surface area (TPSA) is 138 Å². The van der Waals surface area contributed by atoms with E-state index in [1.807, 2.05) is 135 Å². The number of hydrogen-bond donors (Lipinski definition) is 2. The fraction of sp³-hybridized carbons (Fsp3) is 0.133. The monoisotopic (exact) mass is 1080 g/mol. The quantitative estimate of drug-likeness (QED) is 0.0358. The lowest BCUT2D eigenvalue weighted by Gasteiger charge is -2.25. The van der Waals surface area contributed by atoms with E-state index in [2.05, 4.69) is 68.5 Å². The molecule has 0 saturated carbocycles. The van der Waals surface area contributed by atoms with Gasteiger partial charge in [-0.15, -0.1) is 10.2 Å². The van der Waals surface area contributed by atoms with Crippen LogP contribution in [0.15, 0.2) is 247 Å². The number of hydrogen-bond acceptors (Lipinski definition) is 15. The Labute approximate surface area is 457 Å². The first kappa shape index (κ1) is 53.3. The molecule has 0 fully saturated rings. The zero-order valence-corrected chi connectivity index (χ0v) is 45.1. The summed E-state index contributed by atoms with van der Waals surface area (Å²) < 4.78 is 30.0. The molecule has 8 aromatic carbocycles. The minimum Gasteiger partial charge on any atom is -0.391 e. The number of aliphatic hydroxyl groups is 2. The largest absolute Gasteiger partial charge is 0.391 e. The van der Waals surface area contributed by atoms with Crippen LogP contribution < -0.4 is 19.8 Å². The van der Waals surface area contributed by atoms with Gasteiger partial charge in [0.25, 0.3) is 0 Å². The van der Waals surface area contributed by atoms with Crippen molar-refractivity contribution in [3.8, 4) is 0 Å². The van der Waals surface area contributed by atoms with Gasteiger partial charge in [0.05, 0.1) is 58.9 Å². The lowest BCUT2D eigenvalue weighted by Crippen LogP contribution is -2.30. The number of para-hydroxylation sites is 4. The lowest BCUT2D eigenvalue weighted by atomic mass is 10.1. The van der Waals surface area contributed by atoms with Crippen molar-refractivity contribution >= 4 is 103 Å². The normalized spacial score (nSPS) is 12.4. The van der Waals surface area contributed by atoms with E-state index in [0.29, 0.717) is 23.5 Å². The molecule has 384 valence electrons. The van der Waals surface area contributed by atoms with Gasteiger partial charge in [0, 0.05) is 39.9 Å². The molecule has 1 aromatic heterocycles. The molecule has 0 amide bonds. The smallest absolute Gasteiger partial charge is 0.206 e. The van der Waals surface area contributed by atoms with Crippen LogP contribution in [0, 0.1) is 0 Å². The van der Waals surface area contributed by atoms with Gasteiger partial charge in [-0.1, -0.05) is 139 Å². The van der Waals surface area contributed by atoms with Crippen molar-refractivity contribution in [3.05, 3.63) is 230 Å². The Balaban J connectivity index is 0.921. The minimum absolute atomic E-state index is 0.0969. The number of thioether (sulfide) groups is 2. The molecule has 2 atom stereocenters. The third-order valence-corrected chi connectivity index (χ3v) is 17.1. The SMILES string of the molecule is CCC(O)CN(/N=C\c1ccc(N(c2ccccc2)c2ccccc2)cc1)c1ccc(S(=O)(=O)c2ccc(N(CC(O)CSc3nnc(SC)s3)/N=C\c3ccc(N(c4ccccc4)c4ccccc4)cc3)cc2)cc1. The second-order valence-corrected chi connectivity index (χ2v) is 22.7. The van der Waals surface area contributed by atoms with Crippen molar-refractivity contribution in [2.24, 2.45) is 10.2 Å². The summed E-state index contributed by atoms with van der Waals surface area (Å²) in [5.74, 6) is 0.345. The van der Waals surface area contributed by atoms with E-state index in [0.717, 1.165) is 53.9 Å². The molecule has 0 aliphatic heterocycles. The van der Waals surface area contributed by atoms with E-state index < -0.39 is 22.0 Å². The predicted molar refractivity (Wildman–Crippen MR) is 315 cm³/mol. The van der Waals surface area contributed by atoms with Gasteiger partial charge in [-0.3, -0.25) is 10.0 Å². The van der Waals surface area contributed by atoms with Crippen LogP contribution >= 0.6 is 34.9 Å². The third kappa shape index (κ3) is 13.6. The number of aromatic nitrogens is 2. The van der Waals surface area contributed by atoms with Gasteiger partial charge in [-0.25, -0.2) is 8.42 Å². The molecule has 2 unspecified atom stereocenters. The number of nitrogens with zero attached hydrogens (tertiary/aromatic N) is 8. The molecule has 1 heterocycles. The fourth-order valence-electron chi connectivity index (χ4n) is 8.15. The van der Waals surface area contributed by atoms with Crippen LogP contribution in [0.2, 0.25) is 0 Å². The average Bonchev–Trinajstić information content (AvgIpc) is 3.95. The maximum absolute atomic E-state index is 14.2. The zero-order valence-electron chi connectivity index (χ0n) is 41.8. The lowest BCUT2D eigenvalue weighted by molar-refractivity contribution is 0.176. The highest BCUT2D eigenvalue weighted by Gasteiger charge is 2.21. The molecule has 2 N–H and O–H groups in total. The van der Waals surface area contributed by atoms with E-state index in [1.54, 1.807) is 71.0 Å². The van der Waals surface area contributed by atoms with Gasteiger partial charge < -0.3 is 20.0 Å². The van der Waals surface area contributed by atoms with Gasteiger partial charge >= 0.3 is 0 Å². The van der Waals surface area contributed by atoms with E-state index in [9.17, 15) is 18.6 Å². The van der Waals surface area contributed by atoms with Crippen molar-refractivity contribution in [2.45, 2.75) is 44.0 Å². The predicted octanol–water partition coefficient (Wildman–Crippen LogP) is 13.6. The Morgan fingerprint density at radius 2 is 0.829 bits per heavy atom. The highest BCUT2D eigenvalue weighted by Crippen LogP contribution is 2.36. The summed E-state index contributed by atoms with van der Waals surface area (Å²) in [5.41, 5.74) is 8.97. The zero-order chi connectivity index (χ0) is 52.7. The molecular weight excluding hydrogens is 1020 g/mol. The fourth-order valence-corrected chi connectivity index (χ4v) is 11.8. The molecule has 0 spiro atoms. The van der Waals surface area contributed by atoms with Crippen LogP contribution in [-0.2, 0) is 9.84 Å². The maximum atomic E-state index is 14.2. The number of rotatable bonds is 23. The Morgan fingerprint density at radius 1 is 0.487 bits per heavy atom. The Kier molecular flexibility index (Phi) is 18.1. The van der Waals surface area contributed by atoms with Crippen LogP contribution in [0.25, 0.3) is 0 Å². The highest BCUT2D eigenvalue weighted by atomic mass is 32.2. The molecule has 9 aromatic rings. The standard InChI is InChI=1S/C60H56N8O4S4/c1-3-55(69)42-65(61-40-45-24-28-53(29-25-45)67(49-16-8-4-9-17-49)50-18-10-5-11-19-50)47-32-36-57(37-33-47)76(71,72)58-38-34-48(35-39-58)66(43-56(70)44-74-60-64-63-59(73-2)75-60)62-41-46-26-30-54(31-27-46)68(51-20-12-6-13-21-51)52-22-14-7-15-23-52/h4-41,55-56,69-70H,3,42-44H2,1-2H3/b61-40-,62-41-. The van der Waals surface area contributed by atoms with Crippen LogP contribution in [-0.4, -0.2) is 78.6 Å². The summed E-state index contributed by atoms with van der Waals surface area (Å²) in [6.07, 6.45) is 4.44. The van der Waals surface area contributed by atoms with E-state index in [4.69, 9.17) is 10.2 Å². The summed E-state index contributed by atoms with van der Waals surface area (Å²) in [6, 6.07) is 69.9. The number of anilines is 8. The van der Waals surface area contributed by atoms with Crippen LogP contribution in [0.1, 0.15) is 24.5 Å². The molecule has 0 aliphatic rings. The summed E-state index contributed by atoms with van der Waals surface area (Å²) in [5, 5.41) is 43.5. The van der Waals surface area contributed by atoms with E-state index >= 15 is 0 Å². The highest BCUT2D eigenvalue weighted by molar-refractivity contribution is 8.03. The number of hydrazone groups is 2. The molecule has 0 saturated heterocycles. The van der Waals surface area contributed by atoms with Gasteiger partial charge in [-0.2, -0.15) is 10.2 Å². The first-order valence-corrected chi connectivity index (χ1v) is 29.1. The van der Waals surface area contributed by atoms with Crippen molar-refractivity contribution in [3.63, 3.8) is 0 Å². The third-order valence-electron chi connectivity index (χ3n) is 12.1. The molecular formula is C60H56N8O4S4. The first-order valence-electron chi connectivity index (χ1n) is 24.6. The summed E-state index contributed by atoms with van der Waals surface area (Å²) in [7, 11) is -3.96.